The molecule has 0 spiro atoms. The smallest absolute Gasteiger partial charge is 0.214 e. The van der Waals surface area contributed by atoms with Crippen molar-refractivity contribution in [1.29, 1.82) is 0 Å². The largest absolute Gasteiger partial charge is 0.496 e. The van der Waals surface area contributed by atoms with E-state index in [0.29, 0.717) is 19.6 Å². The molecule has 1 fully saturated rings. The van der Waals surface area contributed by atoms with Gasteiger partial charge in [-0.05, 0) is 13.0 Å². The average Bonchev–Trinajstić information content (AvgIpc) is 2.47. The second-order valence-corrected chi connectivity index (χ2v) is 6.68. The standard InChI is InChI=1S/C13H20N2O3S/c1-3-19(16,17)15-9-8-14-10-12(15)11-6-4-5-7-13(11)18-2/h4-7,12,14H,3,8-10H2,1-2H3/t12-/m1/s1. The van der Waals surface area contributed by atoms with Gasteiger partial charge in [0.1, 0.15) is 5.75 Å². The van der Waals surface area contributed by atoms with Gasteiger partial charge in [0.2, 0.25) is 10.0 Å². The number of nitrogens with one attached hydrogen (secondary N) is 1. The number of nitrogens with zero attached hydrogens (tertiary/aromatic N) is 1. The van der Waals surface area contributed by atoms with E-state index in [1.165, 1.54) is 0 Å². The maximum absolute atomic E-state index is 12.2. The molecule has 19 heavy (non-hydrogen) atoms. The van der Waals surface area contributed by atoms with Crippen LogP contribution in [0.1, 0.15) is 18.5 Å². The van der Waals surface area contributed by atoms with Gasteiger partial charge >= 0.3 is 0 Å². The van der Waals surface area contributed by atoms with Crippen LogP contribution < -0.4 is 10.1 Å². The molecule has 1 saturated heterocycles. The van der Waals surface area contributed by atoms with E-state index in [4.69, 9.17) is 4.74 Å². The van der Waals surface area contributed by atoms with Crippen molar-refractivity contribution in [2.45, 2.75) is 13.0 Å². The highest BCUT2D eigenvalue weighted by Crippen LogP contribution is 2.31. The van der Waals surface area contributed by atoms with Crippen molar-refractivity contribution in [3.63, 3.8) is 0 Å². The van der Waals surface area contributed by atoms with Crippen LogP contribution in [0.3, 0.4) is 0 Å². The van der Waals surface area contributed by atoms with Crippen LogP contribution in [0, 0.1) is 0 Å². The summed E-state index contributed by atoms with van der Waals surface area (Å²) >= 11 is 0. The summed E-state index contributed by atoms with van der Waals surface area (Å²) in [6.45, 7) is 3.47. The molecule has 6 heteroatoms. The summed E-state index contributed by atoms with van der Waals surface area (Å²) in [5.74, 6) is 0.853. The van der Waals surface area contributed by atoms with Crippen LogP contribution in [0.2, 0.25) is 0 Å². The van der Waals surface area contributed by atoms with Crippen molar-refractivity contribution in [2.24, 2.45) is 0 Å². The van der Waals surface area contributed by atoms with E-state index in [1.807, 2.05) is 24.3 Å². The Hall–Kier alpha value is -1.11. The average molecular weight is 284 g/mol. The Labute approximate surface area is 114 Å². The quantitative estimate of drug-likeness (QED) is 0.896. The van der Waals surface area contributed by atoms with Crippen LogP contribution in [0.15, 0.2) is 24.3 Å². The number of methoxy groups -OCH3 is 1. The molecule has 1 aromatic carbocycles. The highest BCUT2D eigenvalue weighted by molar-refractivity contribution is 7.89. The Morgan fingerprint density at radius 2 is 2.16 bits per heavy atom. The van der Waals surface area contributed by atoms with Crippen molar-refractivity contribution in [3.8, 4) is 5.75 Å². The third-order valence-corrected chi connectivity index (χ3v) is 5.30. The van der Waals surface area contributed by atoms with Crippen LogP contribution in [0.5, 0.6) is 5.75 Å². The van der Waals surface area contributed by atoms with E-state index in [-0.39, 0.29) is 11.8 Å². The number of hydrogen-bond donors (Lipinski definition) is 1. The van der Waals surface area contributed by atoms with Gasteiger partial charge in [0.25, 0.3) is 0 Å². The number of para-hydroxylation sites is 1. The van der Waals surface area contributed by atoms with Crippen LogP contribution in [0.4, 0.5) is 0 Å². The lowest BCUT2D eigenvalue weighted by Crippen LogP contribution is -2.49. The van der Waals surface area contributed by atoms with Gasteiger partial charge < -0.3 is 10.1 Å². The summed E-state index contributed by atoms with van der Waals surface area (Å²) in [6, 6.07) is 7.38. The highest BCUT2D eigenvalue weighted by Gasteiger charge is 2.33. The number of rotatable bonds is 4. The van der Waals surface area contributed by atoms with Gasteiger partial charge in [0.15, 0.2) is 0 Å². The Balaban J connectivity index is 2.40. The third-order valence-electron chi connectivity index (χ3n) is 3.41. The molecule has 0 amide bonds. The molecular weight excluding hydrogens is 264 g/mol. The number of benzene rings is 1. The monoisotopic (exact) mass is 284 g/mol. The Kier molecular flexibility index (Phi) is 4.44. The molecule has 1 aliphatic heterocycles. The summed E-state index contributed by atoms with van der Waals surface area (Å²) in [5, 5.41) is 3.25. The van der Waals surface area contributed by atoms with Gasteiger partial charge in [-0.1, -0.05) is 18.2 Å². The fourth-order valence-electron chi connectivity index (χ4n) is 2.39. The van der Waals surface area contributed by atoms with E-state index < -0.39 is 10.0 Å². The SMILES string of the molecule is CCS(=O)(=O)N1CCNC[C@@H]1c1ccccc1OC. The molecule has 1 aromatic rings. The molecule has 0 radical (unpaired) electrons. The minimum absolute atomic E-state index is 0.124. The molecule has 0 saturated carbocycles. The van der Waals surface area contributed by atoms with E-state index in [0.717, 1.165) is 11.3 Å². The number of ether oxygens (including phenoxy) is 1. The first kappa shape index (κ1) is 14.3. The van der Waals surface area contributed by atoms with E-state index in [9.17, 15) is 8.42 Å². The Morgan fingerprint density at radius 3 is 2.84 bits per heavy atom. The first-order valence-corrected chi connectivity index (χ1v) is 8.04. The molecule has 1 aliphatic rings. The molecule has 106 valence electrons. The predicted octanol–water partition coefficient (Wildman–Crippen LogP) is 0.991. The van der Waals surface area contributed by atoms with Crippen LogP contribution >= 0.6 is 0 Å². The summed E-state index contributed by atoms with van der Waals surface area (Å²) in [7, 11) is -1.60. The van der Waals surface area contributed by atoms with Crippen molar-refractivity contribution in [3.05, 3.63) is 29.8 Å². The minimum atomic E-state index is -3.21. The Morgan fingerprint density at radius 1 is 1.42 bits per heavy atom. The zero-order chi connectivity index (χ0) is 13.9. The van der Waals surface area contributed by atoms with Gasteiger partial charge in [-0.25, -0.2) is 8.42 Å². The molecule has 0 bridgehead atoms. The van der Waals surface area contributed by atoms with Crippen LogP contribution in [0.25, 0.3) is 0 Å². The van der Waals surface area contributed by atoms with Gasteiger partial charge in [-0.2, -0.15) is 4.31 Å². The van der Waals surface area contributed by atoms with Crippen molar-refractivity contribution < 1.29 is 13.2 Å². The molecule has 1 heterocycles. The zero-order valence-electron chi connectivity index (χ0n) is 11.3. The molecular formula is C13H20N2O3S. The third kappa shape index (κ3) is 2.91. The number of sulfonamides is 1. The van der Waals surface area contributed by atoms with Crippen LogP contribution in [-0.4, -0.2) is 45.2 Å². The zero-order valence-corrected chi connectivity index (χ0v) is 12.1. The first-order valence-electron chi connectivity index (χ1n) is 6.43. The van der Waals surface area contributed by atoms with Gasteiger partial charge in [0.05, 0.1) is 18.9 Å². The molecule has 1 atom stereocenters. The molecule has 2 rings (SSSR count). The van der Waals surface area contributed by atoms with Gasteiger partial charge in [-0.3, -0.25) is 0 Å². The second-order valence-electron chi connectivity index (χ2n) is 4.47. The Bertz CT molecular complexity index is 530. The highest BCUT2D eigenvalue weighted by atomic mass is 32.2. The summed E-state index contributed by atoms with van der Waals surface area (Å²) in [4.78, 5) is 0. The molecule has 0 aliphatic carbocycles. The normalized spacial score (nSPS) is 21.3. The summed E-state index contributed by atoms with van der Waals surface area (Å²) < 4.78 is 31.3. The van der Waals surface area contributed by atoms with Crippen molar-refractivity contribution in [2.75, 3.05) is 32.5 Å². The van der Waals surface area contributed by atoms with Gasteiger partial charge in [-0.15, -0.1) is 0 Å². The van der Waals surface area contributed by atoms with E-state index in [2.05, 4.69) is 5.32 Å². The van der Waals surface area contributed by atoms with Gasteiger partial charge in [0, 0.05) is 25.2 Å². The predicted molar refractivity (Wildman–Crippen MR) is 74.8 cm³/mol. The van der Waals surface area contributed by atoms with E-state index >= 15 is 0 Å². The first-order chi connectivity index (χ1) is 9.10. The lowest BCUT2D eigenvalue weighted by atomic mass is 10.0. The van der Waals surface area contributed by atoms with Crippen molar-refractivity contribution in [1.82, 2.24) is 9.62 Å². The van der Waals surface area contributed by atoms with Crippen molar-refractivity contribution >= 4 is 10.0 Å². The van der Waals surface area contributed by atoms with E-state index in [1.54, 1.807) is 18.3 Å². The number of hydrogen-bond acceptors (Lipinski definition) is 4. The fourth-order valence-corrected chi connectivity index (χ4v) is 3.67. The maximum atomic E-state index is 12.2. The van der Waals surface area contributed by atoms with Crippen LogP contribution in [-0.2, 0) is 10.0 Å². The maximum Gasteiger partial charge on any atom is 0.214 e. The molecule has 1 N–H and O–H groups in total. The number of piperazine rings is 1. The lowest BCUT2D eigenvalue weighted by Gasteiger charge is -2.35. The molecule has 5 nitrogen and oxygen atoms in total. The second kappa shape index (κ2) is 5.90. The summed E-state index contributed by atoms with van der Waals surface area (Å²) in [5.41, 5.74) is 0.911. The lowest BCUT2D eigenvalue weighted by molar-refractivity contribution is 0.265. The topological polar surface area (TPSA) is 58.6 Å². The minimum Gasteiger partial charge on any atom is -0.496 e. The molecule has 0 aromatic heterocycles. The molecule has 0 unspecified atom stereocenters. The fraction of sp³-hybridized carbons (Fsp3) is 0.538. The summed E-state index contributed by atoms with van der Waals surface area (Å²) in [6.07, 6.45) is 0.